The Kier molecular flexibility index (Phi) is 6.45. The number of benzene rings is 1. The highest BCUT2D eigenvalue weighted by Crippen LogP contribution is 2.40. The summed E-state index contributed by atoms with van der Waals surface area (Å²) in [5.41, 5.74) is 0.723. The standard InChI is InChI=1S/C23H29NO6/c1-27-19-13-16(14-20-23(19)29-12-11-28-20)8-9-22(26)30-15-21(25)24-10-4-6-17-5-2-3-7-18(17)24/h8-9,13-14,17-18H,2-7,10-12,15H2,1H3/b9-8+/t17-,18+/m1/s1. The van der Waals surface area contributed by atoms with Crippen LogP contribution in [0.3, 0.4) is 0 Å². The molecule has 0 aromatic heterocycles. The van der Waals surface area contributed by atoms with E-state index in [1.807, 2.05) is 4.90 Å². The lowest BCUT2D eigenvalue weighted by Crippen LogP contribution is -2.50. The van der Waals surface area contributed by atoms with Gasteiger partial charge in [-0.25, -0.2) is 4.79 Å². The van der Waals surface area contributed by atoms with Crippen molar-refractivity contribution < 1.29 is 28.5 Å². The molecule has 3 aliphatic rings. The summed E-state index contributed by atoms with van der Waals surface area (Å²) in [4.78, 5) is 26.8. The van der Waals surface area contributed by atoms with Gasteiger partial charge in [0, 0.05) is 18.7 Å². The molecule has 1 saturated heterocycles. The lowest BCUT2D eigenvalue weighted by molar-refractivity contribution is -0.151. The van der Waals surface area contributed by atoms with E-state index >= 15 is 0 Å². The molecule has 162 valence electrons. The van der Waals surface area contributed by atoms with Crippen molar-refractivity contribution in [3.63, 3.8) is 0 Å². The van der Waals surface area contributed by atoms with Gasteiger partial charge in [-0.1, -0.05) is 12.8 Å². The largest absolute Gasteiger partial charge is 0.493 e. The fourth-order valence-corrected chi connectivity index (χ4v) is 4.75. The quantitative estimate of drug-likeness (QED) is 0.543. The maximum Gasteiger partial charge on any atom is 0.331 e. The van der Waals surface area contributed by atoms with Gasteiger partial charge in [-0.05, 0) is 55.4 Å². The monoisotopic (exact) mass is 415 g/mol. The van der Waals surface area contributed by atoms with Crippen LogP contribution in [0.5, 0.6) is 17.2 Å². The van der Waals surface area contributed by atoms with Crippen molar-refractivity contribution in [3.05, 3.63) is 23.8 Å². The van der Waals surface area contributed by atoms with E-state index in [-0.39, 0.29) is 12.5 Å². The van der Waals surface area contributed by atoms with Gasteiger partial charge < -0.3 is 23.8 Å². The number of likely N-dealkylation sites (tertiary alicyclic amines) is 1. The molecule has 0 bridgehead atoms. The van der Waals surface area contributed by atoms with Crippen molar-refractivity contribution in [3.8, 4) is 17.2 Å². The van der Waals surface area contributed by atoms with Crippen LogP contribution in [0, 0.1) is 5.92 Å². The topological polar surface area (TPSA) is 74.3 Å². The molecule has 0 radical (unpaired) electrons. The van der Waals surface area contributed by atoms with Gasteiger partial charge in [0.15, 0.2) is 18.1 Å². The smallest absolute Gasteiger partial charge is 0.331 e. The van der Waals surface area contributed by atoms with Crippen molar-refractivity contribution in [1.29, 1.82) is 0 Å². The van der Waals surface area contributed by atoms with Gasteiger partial charge in [0.2, 0.25) is 5.75 Å². The Bertz CT molecular complexity index is 801. The van der Waals surface area contributed by atoms with Gasteiger partial charge in [-0.15, -0.1) is 0 Å². The van der Waals surface area contributed by atoms with E-state index in [9.17, 15) is 9.59 Å². The van der Waals surface area contributed by atoms with Crippen molar-refractivity contribution in [2.24, 2.45) is 5.92 Å². The lowest BCUT2D eigenvalue weighted by atomic mass is 9.78. The Hall–Kier alpha value is -2.70. The van der Waals surface area contributed by atoms with Gasteiger partial charge in [0.05, 0.1) is 7.11 Å². The van der Waals surface area contributed by atoms with Crippen LogP contribution in [0.2, 0.25) is 0 Å². The molecule has 4 rings (SSSR count). The number of fused-ring (bicyclic) bond motifs is 2. The minimum absolute atomic E-state index is 0.0886. The van der Waals surface area contributed by atoms with E-state index in [1.165, 1.54) is 31.8 Å². The van der Waals surface area contributed by atoms with E-state index in [2.05, 4.69) is 0 Å². The van der Waals surface area contributed by atoms with Crippen LogP contribution in [0.25, 0.3) is 6.08 Å². The Labute approximate surface area is 176 Å². The van der Waals surface area contributed by atoms with Gasteiger partial charge in [-0.2, -0.15) is 0 Å². The molecule has 0 N–H and O–H groups in total. The number of hydrogen-bond donors (Lipinski definition) is 0. The molecule has 1 aliphatic carbocycles. The van der Waals surface area contributed by atoms with Crippen LogP contribution in [0.1, 0.15) is 44.1 Å². The van der Waals surface area contributed by atoms with Crippen molar-refractivity contribution in [2.45, 2.75) is 44.6 Å². The molecule has 1 aromatic rings. The van der Waals surface area contributed by atoms with Gasteiger partial charge >= 0.3 is 5.97 Å². The molecule has 1 saturated carbocycles. The summed E-state index contributed by atoms with van der Waals surface area (Å²) in [5, 5.41) is 0. The first-order valence-electron chi connectivity index (χ1n) is 10.8. The minimum Gasteiger partial charge on any atom is -0.493 e. The first-order valence-corrected chi connectivity index (χ1v) is 10.8. The molecular weight excluding hydrogens is 386 g/mol. The SMILES string of the molecule is COc1cc(/C=C/C(=O)OCC(=O)N2CCC[C@H]3CCCC[C@@H]32)cc2c1OCCO2. The number of carbonyl (C=O) groups is 2. The van der Waals surface area contributed by atoms with Crippen LogP contribution in [0.15, 0.2) is 18.2 Å². The Morgan fingerprint density at radius 3 is 2.80 bits per heavy atom. The van der Waals surface area contributed by atoms with Gasteiger partial charge in [-0.3, -0.25) is 4.79 Å². The predicted molar refractivity (Wildman–Crippen MR) is 111 cm³/mol. The number of methoxy groups -OCH3 is 1. The predicted octanol–water partition coefficient (Wildman–Crippen LogP) is 3.20. The Morgan fingerprint density at radius 1 is 1.13 bits per heavy atom. The second-order valence-electron chi connectivity index (χ2n) is 8.03. The molecule has 30 heavy (non-hydrogen) atoms. The van der Waals surface area contributed by atoms with E-state index in [1.54, 1.807) is 25.3 Å². The van der Waals surface area contributed by atoms with E-state index < -0.39 is 5.97 Å². The first kappa shape index (κ1) is 20.6. The maximum absolute atomic E-state index is 12.7. The summed E-state index contributed by atoms with van der Waals surface area (Å²) in [5.74, 6) is 1.66. The summed E-state index contributed by atoms with van der Waals surface area (Å²) in [7, 11) is 1.55. The van der Waals surface area contributed by atoms with Gasteiger partial charge in [0.25, 0.3) is 5.91 Å². The molecule has 2 aliphatic heterocycles. The van der Waals surface area contributed by atoms with E-state index in [0.717, 1.165) is 24.9 Å². The summed E-state index contributed by atoms with van der Waals surface area (Å²) in [6.07, 6.45) is 9.87. The molecule has 2 heterocycles. The lowest BCUT2D eigenvalue weighted by Gasteiger charge is -2.44. The van der Waals surface area contributed by atoms with E-state index in [4.69, 9.17) is 18.9 Å². The number of nitrogens with zero attached hydrogens (tertiary/aromatic N) is 1. The first-order chi connectivity index (χ1) is 14.7. The van der Waals surface area contributed by atoms with Crippen LogP contribution in [0.4, 0.5) is 0 Å². The highest BCUT2D eigenvalue weighted by molar-refractivity contribution is 5.89. The second-order valence-corrected chi connectivity index (χ2v) is 8.03. The fraction of sp³-hybridized carbons (Fsp3) is 0.565. The van der Waals surface area contributed by atoms with Crippen molar-refractivity contribution in [2.75, 3.05) is 33.5 Å². The fourth-order valence-electron chi connectivity index (χ4n) is 4.75. The second kappa shape index (κ2) is 9.41. The molecule has 1 amide bonds. The molecule has 2 fully saturated rings. The molecule has 0 unspecified atom stereocenters. The Balaban J connectivity index is 1.33. The molecule has 2 atom stereocenters. The summed E-state index contributed by atoms with van der Waals surface area (Å²) in [6.45, 7) is 1.49. The minimum atomic E-state index is -0.547. The molecule has 0 spiro atoms. The Morgan fingerprint density at radius 2 is 1.93 bits per heavy atom. The van der Waals surface area contributed by atoms with Crippen LogP contribution in [-0.2, 0) is 14.3 Å². The van der Waals surface area contributed by atoms with Crippen LogP contribution >= 0.6 is 0 Å². The average molecular weight is 415 g/mol. The number of ether oxygens (including phenoxy) is 4. The number of carbonyl (C=O) groups excluding carboxylic acids is 2. The molecule has 7 nitrogen and oxygen atoms in total. The third kappa shape index (κ3) is 4.55. The normalized spacial score (nSPS) is 23.0. The number of esters is 1. The zero-order valence-electron chi connectivity index (χ0n) is 17.4. The summed E-state index contributed by atoms with van der Waals surface area (Å²) < 4.78 is 21.7. The zero-order chi connectivity index (χ0) is 20.9. The van der Waals surface area contributed by atoms with E-state index in [0.29, 0.717) is 42.4 Å². The highest BCUT2D eigenvalue weighted by atomic mass is 16.6. The average Bonchev–Trinajstić information content (AvgIpc) is 2.80. The molecule has 1 aromatic carbocycles. The number of amides is 1. The number of rotatable bonds is 5. The highest BCUT2D eigenvalue weighted by Gasteiger charge is 2.35. The van der Waals surface area contributed by atoms with Gasteiger partial charge in [0.1, 0.15) is 13.2 Å². The van der Waals surface area contributed by atoms with Crippen molar-refractivity contribution in [1.82, 2.24) is 4.90 Å². The zero-order valence-corrected chi connectivity index (χ0v) is 17.4. The molecular formula is C23H29NO6. The summed E-state index contributed by atoms with van der Waals surface area (Å²) in [6, 6.07) is 3.86. The third-order valence-corrected chi connectivity index (χ3v) is 6.16. The maximum atomic E-state index is 12.7. The number of piperidine rings is 1. The van der Waals surface area contributed by atoms with Crippen LogP contribution in [-0.4, -0.2) is 56.3 Å². The molecule has 7 heteroatoms. The number of hydrogen-bond acceptors (Lipinski definition) is 6. The van der Waals surface area contributed by atoms with Crippen LogP contribution < -0.4 is 14.2 Å². The third-order valence-electron chi connectivity index (χ3n) is 6.16. The summed E-state index contributed by atoms with van der Waals surface area (Å²) >= 11 is 0. The van der Waals surface area contributed by atoms with Crippen molar-refractivity contribution >= 4 is 18.0 Å².